The molecule has 6 nitrogen and oxygen atoms in total. The van der Waals surface area contributed by atoms with Crippen LogP contribution >= 0.6 is 0 Å². The Hall–Kier alpha value is -2.86. The highest BCUT2D eigenvalue weighted by molar-refractivity contribution is 5.94. The maximum absolute atomic E-state index is 12.3. The molecular weight excluding hydrogens is 378 g/mol. The fourth-order valence-electron chi connectivity index (χ4n) is 3.22. The Morgan fingerprint density at radius 3 is 2.47 bits per heavy atom. The van der Waals surface area contributed by atoms with Crippen molar-refractivity contribution in [2.45, 2.75) is 39.8 Å². The van der Waals surface area contributed by atoms with E-state index < -0.39 is 0 Å². The number of rotatable bonds is 11. The highest BCUT2D eigenvalue weighted by Gasteiger charge is 2.29. The Morgan fingerprint density at radius 1 is 1.03 bits per heavy atom. The minimum absolute atomic E-state index is 0.0493. The number of anilines is 1. The zero-order valence-corrected chi connectivity index (χ0v) is 17.8. The molecule has 1 fully saturated rings. The second-order valence-electron chi connectivity index (χ2n) is 7.59. The number of nitrogens with one attached hydrogen (secondary N) is 2. The van der Waals surface area contributed by atoms with Gasteiger partial charge in [0.05, 0.1) is 0 Å². The Labute approximate surface area is 178 Å². The standard InChI is InChI=1S/C24H31N3O3/c1-3-27(4-2)16-20-9-6-5-8-19(20)15-25-23(28)17-30-22-11-7-10-21(14-22)26-24(29)18-12-13-18/h5-11,14,18H,3-4,12-13,15-17H2,1-2H3,(H,25,28)(H,26,29). The van der Waals surface area contributed by atoms with Gasteiger partial charge in [0.25, 0.3) is 5.91 Å². The van der Waals surface area contributed by atoms with Crippen LogP contribution in [0.2, 0.25) is 0 Å². The van der Waals surface area contributed by atoms with E-state index in [0.717, 1.165) is 38.0 Å². The lowest BCUT2D eigenvalue weighted by atomic mass is 10.1. The molecule has 0 heterocycles. The van der Waals surface area contributed by atoms with Gasteiger partial charge in [-0.3, -0.25) is 14.5 Å². The van der Waals surface area contributed by atoms with Crippen LogP contribution in [0.15, 0.2) is 48.5 Å². The number of carbonyl (C=O) groups is 2. The minimum atomic E-state index is -0.180. The Kier molecular flexibility index (Phi) is 7.85. The van der Waals surface area contributed by atoms with Crippen molar-refractivity contribution in [3.8, 4) is 5.75 Å². The van der Waals surface area contributed by atoms with Crippen molar-refractivity contribution in [1.29, 1.82) is 0 Å². The van der Waals surface area contributed by atoms with Gasteiger partial charge in [-0.05, 0) is 49.2 Å². The molecule has 160 valence electrons. The summed E-state index contributed by atoms with van der Waals surface area (Å²) in [4.78, 5) is 26.5. The summed E-state index contributed by atoms with van der Waals surface area (Å²) in [5, 5.41) is 5.82. The fraction of sp³-hybridized carbons (Fsp3) is 0.417. The molecule has 0 spiro atoms. The van der Waals surface area contributed by atoms with Crippen LogP contribution in [0.4, 0.5) is 5.69 Å². The van der Waals surface area contributed by atoms with Crippen molar-refractivity contribution in [2.75, 3.05) is 25.0 Å². The Bertz CT molecular complexity index is 860. The minimum Gasteiger partial charge on any atom is -0.484 e. The second kappa shape index (κ2) is 10.8. The van der Waals surface area contributed by atoms with E-state index in [0.29, 0.717) is 18.0 Å². The fourth-order valence-corrected chi connectivity index (χ4v) is 3.22. The first-order valence-electron chi connectivity index (χ1n) is 10.7. The summed E-state index contributed by atoms with van der Waals surface area (Å²) in [6.45, 7) is 7.55. The molecule has 0 saturated heterocycles. The van der Waals surface area contributed by atoms with Crippen LogP contribution in [0.25, 0.3) is 0 Å². The first-order chi connectivity index (χ1) is 14.6. The lowest BCUT2D eigenvalue weighted by molar-refractivity contribution is -0.123. The van der Waals surface area contributed by atoms with Crippen LogP contribution < -0.4 is 15.4 Å². The maximum Gasteiger partial charge on any atom is 0.258 e. The molecule has 1 saturated carbocycles. The molecule has 30 heavy (non-hydrogen) atoms. The summed E-state index contributed by atoms with van der Waals surface area (Å²) in [7, 11) is 0. The molecule has 0 aliphatic heterocycles. The summed E-state index contributed by atoms with van der Waals surface area (Å²) in [6, 6.07) is 15.3. The average molecular weight is 410 g/mol. The first-order valence-corrected chi connectivity index (χ1v) is 10.7. The predicted octanol–water partition coefficient (Wildman–Crippen LogP) is 3.57. The van der Waals surface area contributed by atoms with Crippen molar-refractivity contribution in [2.24, 2.45) is 5.92 Å². The van der Waals surface area contributed by atoms with E-state index in [1.807, 2.05) is 24.3 Å². The van der Waals surface area contributed by atoms with E-state index in [1.54, 1.807) is 18.2 Å². The molecule has 3 rings (SSSR count). The third-order valence-electron chi connectivity index (χ3n) is 5.30. The average Bonchev–Trinajstić information content (AvgIpc) is 3.61. The van der Waals surface area contributed by atoms with Gasteiger partial charge in [-0.2, -0.15) is 0 Å². The predicted molar refractivity (Wildman–Crippen MR) is 118 cm³/mol. The topological polar surface area (TPSA) is 70.7 Å². The van der Waals surface area contributed by atoms with Gasteiger partial charge >= 0.3 is 0 Å². The molecule has 2 aromatic rings. The number of nitrogens with zero attached hydrogens (tertiary/aromatic N) is 1. The van der Waals surface area contributed by atoms with Gasteiger partial charge in [0, 0.05) is 30.8 Å². The quantitative estimate of drug-likeness (QED) is 0.595. The number of hydrogen-bond donors (Lipinski definition) is 2. The maximum atomic E-state index is 12.3. The van der Waals surface area contributed by atoms with Gasteiger partial charge in [-0.25, -0.2) is 0 Å². The second-order valence-corrected chi connectivity index (χ2v) is 7.59. The van der Waals surface area contributed by atoms with Gasteiger partial charge in [0.2, 0.25) is 5.91 Å². The van der Waals surface area contributed by atoms with Gasteiger partial charge < -0.3 is 15.4 Å². The molecule has 0 radical (unpaired) electrons. The monoisotopic (exact) mass is 409 g/mol. The van der Waals surface area contributed by atoms with Gasteiger partial charge in [-0.15, -0.1) is 0 Å². The van der Waals surface area contributed by atoms with Crippen molar-refractivity contribution >= 4 is 17.5 Å². The van der Waals surface area contributed by atoms with Crippen molar-refractivity contribution in [3.63, 3.8) is 0 Å². The van der Waals surface area contributed by atoms with Crippen LogP contribution in [0, 0.1) is 5.92 Å². The van der Waals surface area contributed by atoms with Gasteiger partial charge in [-0.1, -0.05) is 44.2 Å². The molecule has 2 aromatic carbocycles. The molecule has 0 aromatic heterocycles. The van der Waals surface area contributed by atoms with E-state index in [-0.39, 0.29) is 24.3 Å². The van der Waals surface area contributed by atoms with Crippen LogP contribution in [0.1, 0.15) is 37.8 Å². The molecule has 0 unspecified atom stereocenters. The van der Waals surface area contributed by atoms with Crippen molar-refractivity contribution < 1.29 is 14.3 Å². The third-order valence-corrected chi connectivity index (χ3v) is 5.30. The molecule has 2 amide bonds. The van der Waals surface area contributed by atoms with Gasteiger partial charge in [0.1, 0.15) is 5.75 Å². The van der Waals surface area contributed by atoms with E-state index in [4.69, 9.17) is 4.74 Å². The van der Waals surface area contributed by atoms with Crippen LogP contribution in [0.5, 0.6) is 5.75 Å². The molecule has 0 bridgehead atoms. The van der Waals surface area contributed by atoms with E-state index in [2.05, 4.69) is 35.4 Å². The van der Waals surface area contributed by atoms with E-state index in [1.165, 1.54) is 5.56 Å². The Balaban J connectivity index is 1.48. The smallest absolute Gasteiger partial charge is 0.258 e. The number of hydrogen-bond acceptors (Lipinski definition) is 4. The normalized spacial score (nSPS) is 13.2. The first kappa shape index (κ1) is 21.8. The zero-order chi connectivity index (χ0) is 21.3. The number of amides is 2. The molecule has 0 atom stereocenters. The lowest BCUT2D eigenvalue weighted by Crippen LogP contribution is -2.29. The van der Waals surface area contributed by atoms with Crippen molar-refractivity contribution in [1.82, 2.24) is 10.2 Å². The van der Waals surface area contributed by atoms with Crippen LogP contribution in [0.3, 0.4) is 0 Å². The van der Waals surface area contributed by atoms with Crippen molar-refractivity contribution in [3.05, 3.63) is 59.7 Å². The summed E-state index contributed by atoms with van der Waals surface area (Å²) < 4.78 is 5.61. The zero-order valence-electron chi connectivity index (χ0n) is 17.8. The molecule has 1 aliphatic rings. The van der Waals surface area contributed by atoms with E-state index in [9.17, 15) is 9.59 Å². The molecule has 2 N–H and O–H groups in total. The number of benzene rings is 2. The molecular formula is C24H31N3O3. The Morgan fingerprint density at radius 2 is 1.77 bits per heavy atom. The molecule has 6 heteroatoms. The largest absolute Gasteiger partial charge is 0.484 e. The summed E-state index contributed by atoms with van der Waals surface area (Å²) in [6.07, 6.45) is 1.92. The third kappa shape index (κ3) is 6.59. The summed E-state index contributed by atoms with van der Waals surface area (Å²) >= 11 is 0. The van der Waals surface area contributed by atoms with E-state index >= 15 is 0 Å². The SMILES string of the molecule is CCN(CC)Cc1ccccc1CNC(=O)COc1cccc(NC(=O)C2CC2)c1. The molecule has 1 aliphatic carbocycles. The van der Waals surface area contributed by atoms with Crippen LogP contribution in [-0.2, 0) is 22.7 Å². The van der Waals surface area contributed by atoms with Gasteiger partial charge in [0.15, 0.2) is 6.61 Å². The highest BCUT2D eigenvalue weighted by atomic mass is 16.5. The number of carbonyl (C=O) groups excluding carboxylic acids is 2. The summed E-state index contributed by atoms with van der Waals surface area (Å²) in [5.41, 5.74) is 3.03. The number of ether oxygens (including phenoxy) is 1. The highest BCUT2D eigenvalue weighted by Crippen LogP contribution is 2.30. The lowest BCUT2D eigenvalue weighted by Gasteiger charge is -2.20. The summed E-state index contributed by atoms with van der Waals surface area (Å²) in [5.74, 6) is 0.568. The van der Waals surface area contributed by atoms with Crippen LogP contribution in [-0.4, -0.2) is 36.4 Å².